The molecule has 1 N–H and O–H groups in total. The van der Waals surface area contributed by atoms with E-state index in [1.165, 1.54) is 10.6 Å². The minimum atomic E-state index is -3.30. The van der Waals surface area contributed by atoms with Gasteiger partial charge in [0.2, 0.25) is 15.9 Å². The molecule has 1 aliphatic heterocycles. The number of anilines is 2. The molecule has 5 nitrogen and oxygen atoms in total. The minimum Gasteiger partial charge on any atom is -0.326 e. The Bertz CT molecular complexity index is 814. The maximum Gasteiger partial charge on any atom is 0.232 e. The van der Waals surface area contributed by atoms with E-state index in [4.69, 9.17) is 0 Å². The molecule has 0 saturated heterocycles. The number of aryl methyl sites for hydroxylation is 1. The van der Waals surface area contributed by atoms with Crippen LogP contribution in [0.1, 0.15) is 16.9 Å². The predicted octanol–water partition coefficient (Wildman–Crippen LogP) is 2.64. The number of benzene rings is 1. The van der Waals surface area contributed by atoms with Gasteiger partial charge in [0.05, 0.1) is 18.4 Å². The van der Waals surface area contributed by atoms with E-state index < -0.39 is 10.0 Å². The maximum atomic E-state index is 12.1. The molecule has 1 aliphatic rings. The van der Waals surface area contributed by atoms with Crippen LogP contribution in [-0.4, -0.2) is 27.1 Å². The van der Waals surface area contributed by atoms with Gasteiger partial charge in [0, 0.05) is 17.1 Å². The molecule has 0 aliphatic carbocycles. The second kappa shape index (κ2) is 6.33. The van der Waals surface area contributed by atoms with Crippen LogP contribution in [-0.2, 0) is 27.7 Å². The molecular formula is C16H18N2O3S2. The number of thiophene rings is 1. The highest BCUT2D eigenvalue weighted by Gasteiger charge is 2.24. The van der Waals surface area contributed by atoms with Gasteiger partial charge < -0.3 is 5.32 Å². The van der Waals surface area contributed by atoms with Gasteiger partial charge in [-0.3, -0.25) is 9.10 Å². The van der Waals surface area contributed by atoms with Crippen LogP contribution in [0.2, 0.25) is 0 Å². The van der Waals surface area contributed by atoms with E-state index in [-0.39, 0.29) is 5.91 Å². The van der Waals surface area contributed by atoms with Crippen molar-refractivity contribution in [2.75, 3.05) is 22.4 Å². The highest BCUT2D eigenvalue weighted by atomic mass is 32.2. The van der Waals surface area contributed by atoms with Gasteiger partial charge in [0.1, 0.15) is 0 Å². The number of rotatable bonds is 4. The van der Waals surface area contributed by atoms with Crippen molar-refractivity contribution in [3.05, 3.63) is 46.2 Å². The first kappa shape index (κ1) is 16.0. The first-order valence-electron chi connectivity index (χ1n) is 7.36. The van der Waals surface area contributed by atoms with E-state index in [9.17, 15) is 13.2 Å². The van der Waals surface area contributed by atoms with Gasteiger partial charge >= 0.3 is 0 Å². The minimum absolute atomic E-state index is 0.103. The topological polar surface area (TPSA) is 66.5 Å². The quantitative estimate of drug-likeness (QED) is 0.922. The van der Waals surface area contributed by atoms with Gasteiger partial charge in [-0.2, -0.15) is 0 Å². The zero-order chi connectivity index (χ0) is 16.4. The average Bonchev–Trinajstić information content (AvgIpc) is 2.98. The van der Waals surface area contributed by atoms with Crippen LogP contribution in [0.5, 0.6) is 0 Å². The molecule has 3 rings (SSSR count). The number of sulfonamides is 1. The number of fused-ring (bicyclic) bond motifs is 1. The highest BCUT2D eigenvalue weighted by molar-refractivity contribution is 7.92. The number of nitrogens with one attached hydrogen (secondary N) is 1. The molecule has 1 aromatic heterocycles. The summed E-state index contributed by atoms with van der Waals surface area (Å²) in [4.78, 5) is 13.1. The van der Waals surface area contributed by atoms with Crippen molar-refractivity contribution in [2.24, 2.45) is 0 Å². The van der Waals surface area contributed by atoms with Crippen molar-refractivity contribution in [3.8, 4) is 0 Å². The summed E-state index contributed by atoms with van der Waals surface area (Å²) in [5.74, 6) is -0.103. The zero-order valence-corrected chi connectivity index (χ0v) is 14.4. The van der Waals surface area contributed by atoms with Gasteiger partial charge in [-0.15, -0.1) is 11.3 Å². The first-order valence-corrected chi connectivity index (χ1v) is 10.1. The summed E-state index contributed by atoms with van der Waals surface area (Å²) < 4.78 is 25.3. The van der Waals surface area contributed by atoms with Crippen molar-refractivity contribution >= 4 is 38.6 Å². The fraction of sp³-hybridized carbons (Fsp3) is 0.312. The lowest BCUT2D eigenvalue weighted by molar-refractivity contribution is -0.115. The van der Waals surface area contributed by atoms with E-state index in [1.54, 1.807) is 17.4 Å². The summed E-state index contributed by atoms with van der Waals surface area (Å²) in [6.45, 7) is 0.485. The van der Waals surface area contributed by atoms with Crippen molar-refractivity contribution in [3.63, 3.8) is 0 Å². The Morgan fingerprint density at radius 3 is 2.87 bits per heavy atom. The number of amides is 1. The smallest absolute Gasteiger partial charge is 0.232 e. The monoisotopic (exact) mass is 350 g/mol. The number of carbonyl (C=O) groups excluding carboxylic acids is 1. The lowest BCUT2D eigenvalue weighted by Crippen LogP contribution is -2.34. The SMILES string of the molecule is CS(=O)(=O)N1CCCc2ccc(NC(=O)Cc3cccs3)cc21. The van der Waals surface area contributed by atoms with Crippen LogP contribution in [0, 0.1) is 0 Å². The summed E-state index contributed by atoms with van der Waals surface area (Å²) in [6, 6.07) is 9.31. The molecule has 0 bridgehead atoms. The molecule has 0 saturated carbocycles. The van der Waals surface area contributed by atoms with Gasteiger partial charge in [-0.05, 0) is 42.0 Å². The molecule has 122 valence electrons. The number of hydrogen-bond donors (Lipinski definition) is 1. The van der Waals surface area contributed by atoms with Crippen LogP contribution in [0.4, 0.5) is 11.4 Å². The highest BCUT2D eigenvalue weighted by Crippen LogP contribution is 2.31. The molecule has 0 fully saturated rings. The molecule has 0 atom stereocenters. The van der Waals surface area contributed by atoms with Gasteiger partial charge in [-0.1, -0.05) is 12.1 Å². The molecule has 0 unspecified atom stereocenters. The molecule has 23 heavy (non-hydrogen) atoms. The first-order chi connectivity index (χ1) is 10.9. The van der Waals surface area contributed by atoms with Crippen LogP contribution >= 0.6 is 11.3 Å². The number of hydrogen-bond acceptors (Lipinski definition) is 4. The summed E-state index contributed by atoms with van der Waals surface area (Å²) in [6.07, 6.45) is 3.20. The largest absolute Gasteiger partial charge is 0.326 e. The Labute approximate surface area is 140 Å². The Balaban J connectivity index is 1.81. The summed E-state index contributed by atoms with van der Waals surface area (Å²) >= 11 is 1.54. The van der Waals surface area contributed by atoms with E-state index in [0.29, 0.717) is 24.3 Å². The molecule has 1 aromatic carbocycles. The van der Waals surface area contributed by atoms with Gasteiger partial charge in [-0.25, -0.2) is 8.42 Å². The maximum absolute atomic E-state index is 12.1. The third-order valence-corrected chi connectivity index (χ3v) is 5.82. The second-order valence-corrected chi connectivity index (χ2v) is 8.53. The molecule has 2 aromatic rings. The average molecular weight is 350 g/mol. The Morgan fingerprint density at radius 1 is 1.35 bits per heavy atom. The van der Waals surface area contributed by atoms with Crippen molar-refractivity contribution in [1.29, 1.82) is 0 Å². The Hall–Kier alpha value is -1.86. The summed E-state index contributed by atoms with van der Waals surface area (Å²) in [7, 11) is -3.30. The van der Waals surface area contributed by atoms with Crippen LogP contribution in [0.3, 0.4) is 0 Å². The normalized spacial score (nSPS) is 14.4. The van der Waals surface area contributed by atoms with Crippen LogP contribution < -0.4 is 9.62 Å². The predicted molar refractivity (Wildman–Crippen MR) is 93.6 cm³/mol. The molecule has 0 spiro atoms. The zero-order valence-electron chi connectivity index (χ0n) is 12.8. The van der Waals surface area contributed by atoms with Crippen molar-refractivity contribution in [1.82, 2.24) is 0 Å². The van der Waals surface area contributed by atoms with Crippen LogP contribution in [0.15, 0.2) is 35.7 Å². The van der Waals surface area contributed by atoms with Crippen molar-refractivity contribution < 1.29 is 13.2 Å². The van der Waals surface area contributed by atoms with E-state index in [1.807, 2.05) is 29.6 Å². The van der Waals surface area contributed by atoms with Gasteiger partial charge in [0.15, 0.2) is 0 Å². The second-order valence-electron chi connectivity index (χ2n) is 5.59. The third-order valence-electron chi connectivity index (χ3n) is 3.76. The number of nitrogens with zero attached hydrogens (tertiary/aromatic N) is 1. The van der Waals surface area contributed by atoms with Crippen molar-refractivity contribution in [2.45, 2.75) is 19.3 Å². The Morgan fingerprint density at radius 2 is 2.17 bits per heavy atom. The molecule has 1 amide bonds. The summed E-state index contributed by atoms with van der Waals surface area (Å²) in [5.41, 5.74) is 2.30. The lowest BCUT2D eigenvalue weighted by Gasteiger charge is -2.29. The molecule has 2 heterocycles. The van der Waals surface area contributed by atoms with E-state index in [2.05, 4.69) is 5.32 Å². The Kier molecular flexibility index (Phi) is 4.41. The number of carbonyl (C=O) groups is 1. The fourth-order valence-corrected chi connectivity index (χ4v) is 4.43. The molecular weight excluding hydrogens is 332 g/mol. The standard InChI is InChI=1S/C16H18N2O3S2/c1-23(20,21)18-8-2-4-12-6-7-13(10-15(12)18)17-16(19)11-14-5-3-9-22-14/h3,5-7,9-10H,2,4,8,11H2,1H3,(H,17,19). The summed E-state index contributed by atoms with van der Waals surface area (Å²) in [5, 5.41) is 4.78. The third kappa shape index (κ3) is 3.73. The molecule has 7 heteroatoms. The molecule has 0 radical (unpaired) electrons. The van der Waals surface area contributed by atoms with E-state index in [0.717, 1.165) is 23.3 Å². The fourth-order valence-electron chi connectivity index (χ4n) is 2.74. The van der Waals surface area contributed by atoms with E-state index >= 15 is 0 Å². The van der Waals surface area contributed by atoms with Gasteiger partial charge in [0.25, 0.3) is 0 Å². The lowest BCUT2D eigenvalue weighted by atomic mass is 10.0. The van der Waals surface area contributed by atoms with Crippen LogP contribution in [0.25, 0.3) is 0 Å².